The van der Waals surface area contributed by atoms with Crippen molar-refractivity contribution in [2.24, 2.45) is 0 Å². The van der Waals surface area contributed by atoms with Crippen molar-refractivity contribution in [2.45, 2.75) is 4.34 Å². The van der Waals surface area contributed by atoms with Gasteiger partial charge in [-0.15, -0.1) is 10.2 Å². The fourth-order valence-electron chi connectivity index (χ4n) is 1.91. The molecule has 0 aliphatic rings. The van der Waals surface area contributed by atoms with Crippen molar-refractivity contribution < 1.29 is 28.5 Å². The molecule has 1 heterocycles. The number of rotatable bonds is 9. The van der Waals surface area contributed by atoms with Gasteiger partial charge in [0, 0.05) is 5.56 Å². The highest BCUT2D eigenvalue weighted by molar-refractivity contribution is 8.01. The van der Waals surface area contributed by atoms with Crippen LogP contribution in [0, 0.1) is 0 Å². The normalized spacial score (nSPS) is 10.3. The quantitative estimate of drug-likeness (QED) is 0.378. The Hall–Kier alpha value is -2.53. The maximum Gasteiger partial charge on any atom is 0.316 e. The van der Waals surface area contributed by atoms with E-state index in [1.807, 2.05) is 0 Å². The predicted octanol–water partition coefficient (Wildman–Crippen LogP) is 1.66. The molecule has 26 heavy (non-hydrogen) atoms. The van der Waals surface area contributed by atoms with Gasteiger partial charge in [0.1, 0.15) is 0 Å². The second-order valence-electron chi connectivity index (χ2n) is 4.69. The molecule has 0 unspecified atom stereocenters. The van der Waals surface area contributed by atoms with Crippen LogP contribution in [0.5, 0.6) is 17.2 Å². The van der Waals surface area contributed by atoms with Gasteiger partial charge in [-0.3, -0.25) is 9.59 Å². The first kappa shape index (κ1) is 19.8. The molecule has 0 radical (unpaired) electrons. The van der Waals surface area contributed by atoms with E-state index in [1.54, 1.807) is 0 Å². The van der Waals surface area contributed by atoms with Crippen molar-refractivity contribution in [1.82, 2.24) is 10.2 Å². The summed E-state index contributed by atoms with van der Waals surface area (Å²) in [5.41, 5.74) is 5.73. The number of hydrogen-bond donors (Lipinski definition) is 1. The minimum absolute atomic E-state index is 0.00281. The van der Waals surface area contributed by atoms with Gasteiger partial charge >= 0.3 is 5.97 Å². The number of nitrogen functional groups attached to an aromatic ring is 1. The molecule has 11 heteroatoms. The predicted molar refractivity (Wildman–Crippen MR) is 96.4 cm³/mol. The number of esters is 1. The summed E-state index contributed by atoms with van der Waals surface area (Å²) in [4.78, 5) is 24.1. The van der Waals surface area contributed by atoms with E-state index in [0.717, 1.165) is 11.8 Å². The molecule has 1 aromatic heterocycles. The zero-order chi connectivity index (χ0) is 19.1. The van der Waals surface area contributed by atoms with Crippen molar-refractivity contribution >= 4 is 40.0 Å². The van der Waals surface area contributed by atoms with E-state index < -0.39 is 18.4 Å². The number of thioether (sulfide) groups is 1. The van der Waals surface area contributed by atoms with Gasteiger partial charge in [-0.05, 0) is 12.1 Å². The van der Waals surface area contributed by atoms with E-state index in [4.69, 9.17) is 24.7 Å². The molecule has 0 amide bonds. The Bertz CT molecular complexity index is 770. The lowest BCUT2D eigenvalue weighted by Crippen LogP contribution is -2.15. The van der Waals surface area contributed by atoms with E-state index in [1.165, 1.54) is 44.8 Å². The Kier molecular flexibility index (Phi) is 7.04. The van der Waals surface area contributed by atoms with Crippen LogP contribution in [-0.2, 0) is 9.53 Å². The molecule has 2 aromatic rings. The Labute approximate surface area is 157 Å². The van der Waals surface area contributed by atoms with Crippen LogP contribution < -0.4 is 19.9 Å². The van der Waals surface area contributed by atoms with E-state index >= 15 is 0 Å². The average molecular weight is 399 g/mol. The lowest BCUT2D eigenvalue weighted by Gasteiger charge is -2.13. The molecule has 0 fully saturated rings. The number of ether oxygens (including phenoxy) is 4. The number of hydrogen-bond acceptors (Lipinski definition) is 11. The van der Waals surface area contributed by atoms with Crippen molar-refractivity contribution in [2.75, 3.05) is 39.4 Å². The maximum atomic E-state index is 12.3. The number of methoxy groups -OCH3 is 3. The summed E-state index contributed by atoms with van der Waals surface area (Å²) in [5.74, 6) is 0.0949. The number of carbonyl (C=O) groups is 2. The van der Waals surface area contributed by atoms with Crippen LogP contribution in [0.1, 0.15) is 10.4 Å². The minimum Gasteiger partial charge on any atom is -0.493 e. The molecular weight excluding hydrogens is 382 g/mol. The molecule has 0 spiro atoms. The number of benzene rings is 1. The molecule has 0 atom stereocenters. The first-order chi connectivity index (χ1) is 12.5. The number of anilines is 1. The van der Waals surface area contributed by atoms with E-state index in [-0.39, 0.29) is 11.3 Å². The maximum absolute atomic E-state index is 12.3. The van der Waals surface area contributed by atoms with Crippen LogP contribution in [0.2, 0.25) is 0 Å². The SMILES string of the molecule is COc1cc(C(=O)COC(=O)CSc2nnc(N)s2)cc(OC)c1OC. The second kappa shape index (κ2) is 9.25. The molecule has 9 nitrogen and oxygen atoms in total. The van der Waals surface area contributed by atoms with Gasteiger partial charge in [-0.25, -0.2) is 0 Å². The summed E-state index contributed by atoms with van der Waals surface area (Å²) in [6.07, 6.45) is 0. The summed E-state index contributed by atoms with van der Waals surface area (Å²) < 4.78 is 21.1. The fourth-order valence-corrected chi connectivity index (χ4v) is 3.35. The number of nitrogens with zero attached hydrogens (tertiary/aromatic N) is 2. The molecule has 140 valence electrons. The Morgan fingerprint density at radius 2 is 1.77 bits per heavy atom. The molecule has 1 aromatic carbocycles. The number of nitrogens with two attached hydrogens (primary N) is 1. The van der Waals surface area contributed by atoms with Crippen molar-refractivity contribution in [1.29, 1.82) is 0 Å². The van der Waals surface area contributed by atoms with Gasteiger partial charge in [-0.2, -0.15) is 0 Å². The summed E-state index contributed by atoms with van der Waals surface area (Å²) >= 11 is 2.30. The van der Waals surface area contributed by atoms with E-state index in [0.29, 0.717) is 26.7 Å². The summed E-state index contributed by atoms with van der Waals surface area (Å²) in [5, 5.41) is 7.74. The largest absolute Gasteiger partial charge is 0.493 e. The molecule has 2 rings (SSSR count). The summed E-state index contributed by atoms with van der Waals surface area (Å²) in [7, 11) is 4.36. The highest BCUT2D eigenvalue weighted by Crippen LogP contribution is 2.38. The van der Waals surface area contributed by atoms with Gasteiger partial charge < -0.3 is 24.7 Å². The zero-order valence-corrected chi connectivity index (χ0v) is 15.9. The fraction of sp³-hybridized carbons (Fsp3) is 0.333. The van der Waals surface area contributed by atoms with Gasteiger partial charge in [0.15, 0.2) is 22.4 Å². The zero-order valence-electron chi connectivity index (χ0n) is 14.3. The third-order valence-electron chi connectivity index (χ3n) is 3.09. The van der Waals surface area contributed by atoms with Crippen LogP contribution in [0.25, 0.3) is 0 Å². The number of ketones is 1. The number of carbonyl (C=O) groups excluding carboxylic acids is 2. The lowest BCUT2D eigenvalue weighted by atomic mass is 10.1. The third kappa shape index (κ3) is 4.99. The molecule has 0 bridgehead atoms. The monoisotopic (exact) mass is 399 g/mol. The topological polar surface area (TPSA) is 123 Å². The first-order valence-electron chi connectivity index (χ1n) is 7.19. The van der Waals surface area contributed by atoms with Crippen LogP contribution >= 0.6 is 23.1 Å². The molecule has 0 aliphatic carbocycles. The average Bonchev–Trinajstić information content (AvgIpc) is 3.08. The lowest BCUT2D eigenvalue weighted by molar-refractivity contribution is -0.139. The van der Waals surface area contributed by atoms with Crippen LogP contribution in [-0.4, -0.2) is 55.6 Å². The Morgan fingerprint density at radius 3 is 2.27 bits per heavy atom. The van der Waals surface area contributed by atoms with Crippen molar-refractivity contribution in [3.63, 3.8) is 0 Å². The van der Waals surface area contributed by atoms with Crippen LogP contribution in [0.3, 0.4) is 0 Å². The number of aromatic nitrogens is 2. The third-order valence-corrected chi connectivity index (χ3v) is 4.95. The van der Waals surface area contributed by atoms with Crippen LogP contribution in [0.15, 0.2) is 16.5 Å². The van der Waals surface area contributed by atoms with E-state index in [2.05, 4.69) is 10.2 Å². The van der Waals surface area contributed by atoms with Crippen LogP contribution in [0.4, 0.5) is 5.13 Å². The smallest absolute Gasteiger partial charge is 0.316 e. The minimum atomic E-state index is -0.551. The van der Waals surface area contributed by atoms with Gasteiger partial charge in [0.2, 0.25) is 16.7 Å². The van der Waals surface area contributed by atoms with Gasteiger partial charge in [0.25, 0.3) is 0 Å². The molecule has 0 saturated carbocycles. The second-order valence-corrected chi connectivity index (χ2v) is 6.92. The van der Waals surface area contributed by atoms with Crippen molar-refractivity contribution in [3.05, 3.63) is 17.7 Å². The van der Waals surface area contributed by atoms with Gasteiger partial charge in [-0.1, -0.05) is 23.1 Å². The Balaban J connectivity index is 1.95. The molecule has 0 aliphatic heterocycles. The highest BCUT2D eigenvalue weighted by Gasteiger charge is 2.18. The van der Waals surface area contributed by atoms with Crippen molar-refractivity contribution in [3.8, 4) is 17.2 Å². The van der Waals surface area contributed by atoms with E-state index in [9.17, 15) is 9.59 Å². The molecule has 2 N–H and O–H groups in total. The first-order valence-corrected chi connectivity index (χ1v) is 8.99. The van der Waals surface area contributed by atoms with Gasteiger partial charge in [0.05, 0.1) is 27.1 Å². The standard InChI is InChI=1S/C15H17N3O6S2/c1-21-10-4-8(5-11(22-2)13(10)23-3)9(19)6-24-12(20)7-25-15-18-17-14(16)26-15/h4-5H,6-7H2,1-3H3,(H2,16,17). The molecule has 0 saturated heterocycles. The molecular formula is C15H17N3O6S2. The Morgan fingerprint density at radius 1 is 1.12 bits per heavy atom. The summed E-state index contributed by atoms with van der Waals surface area (Å²) in [6, 6.07) is 2.99. The number of Topliss-reactive ketones (excluding diaryl/α,β-unsaturated/α-hetero) is 1. The highest BCUT2D eigenvalue weighted by atomic mass is 32.2. The summed E-state index contributed by atoms with van der Waals surface area (Å²) in [6.45, 7) is -0.406.